The average Bonchev–Trinajstić information content (AvgIpc) is 2.33. The summed E-state index contributed by atoms with van der Waals surface area (Å²) >= 11 is 0. The maximum absolute atomic E-state index is 12.5. The molecular weight excluding hydrogens is 240 g/mol. The highest BCUT2D eigenvalue weighted by molar-refractivity contribution is 5.78. The van der Waals surface area contributed by atoms with Gasteiger partial charge in [0.1, 0.15) is 6.29 Å². The number of carbonyl (C=O) groups excluding carboxylic acids is 2. The molecular formula is C15H28N2O2. The lowest BCUT2D eigenvalue weighted by Gasteiger charge is -2.39. The van der Waals surface area contributed by atoms with Gasteiger partial charge in [-0.2, -0.15) is 0 Å². The second kappa shape index (κ2) is 6.40. The Hall–Kier alpha value is -1.06. The Kier molecular flexibility index (Phi) is 4.83. The van der Waals surface area contributed by atoms with Crippen molar-refractivity contribution in [3.05, 3.63) is 0 Å². The maximum atomic E-state index is 12.5. The van der Waals surface area contributed by atoms with Gasteiger partial charge >= 0.3 is 6.03 Å². The zero-order valence-electron chi connectivity index (χ0n) is 13.8. The first-order valence-electron chi connectivity index (χ1n) is 7.68. The molecule has 1 rings (SSSR count). The fourth-order valence-electron chi connectivity index (χ4n) is 2.76. The number of nitrogens with zero attached hydrogens (tertiary/aromatic N) is 1. The molecule has 1 aliphatic heterocycles. The summed E-state index contributed by atoms with van der Waals surface area (Å²) in [5, 5.41) is 0.872. The molecule has 0 aromatic rings. The molecule has 4 nitrogen and oxygen atoms in total. The fourth-order valence-corrected chi connectivity index (χ4v) is 2.76. The van der Waals surface area contributed by atoms with Crippen molar-refractivity contribution < 1.29 is 11.0 Å². The summed E-state index contributed by atoms with van der Waals surface area (Å²) in [5.74, 6) is 0. The minimum atomic E-state index is -0.677. The molecule has 0 saturated carbocycles. The van der Waals surface area contributed by atoms with Crippen LogP contribution >= 0.6 is 0 Å². The standard InChI is InChI=1S/C15H28N2O2/c1-11-7-6-8-12(2)17(11)14(19)16-13(10-18)9-15(3,4)5/h10-13H,6-9H2,1-5H3,(H,16,19)/t11-,12+,13-/m0/s1/i/hD. The molecule has 4 heteroatoms. The molecule has 0 spiro atoms. The summed E-state index contributed by atoms with van der Waals surface area (Å²) in [4.78, 5) is 25.5. The van der Waals surface area contributed by atoms with Crippen LogP contribution in [0.5, 0.6) is 0 Å². The summed E-state index contributed by atoms with van der Waals surface area (Å²) in [7, 11) is 0. The van der Waals surface area contributed by atoms with Gasteiger partial charge < -0.3 is 15.0 Å². The van der Waals surface area contributed by atoms with Crippen LogP contribution in [0.2, 0.25) is 1.41 Å². The first-order chi connectivity index (χ1) is 9.17. The number of hydrogen-bond donors (Lipinski definition) is 1. The molecule has 1 aliphatic rings. The van der Waals surface area contributed by atoms with E-state index in [4.69, 9.17) is 1.41 Å². The Bertz CT molecular complexity index is 344. The summed E-state index contributed by atoms with van der Waals surface area (Å²) < 4.78 is 8.04. The normalized spacial score (nSPS) is 26.6. The van der Waals surface area contributed by atoms with Crippen molar-refractivity contribution in [3.63, 3.8) is 0 Å². The molecule has 0 aromatic carbocycles. The summed E-state index contributed by atoms with van der Waals surface area (Å²) in [5.41, 5.74) is -0.0930. The van der Waals surface area contributed by atoms with Gasteiger partial charge in [0.05, 0.1) is 6.04 Å². The van der Waals surface area contributed by atoms with Gasteiger partial charge in [-0.1, -0.05) is 20.8 Å². The van der Waals surface area contributed by atoms with Crippen LogP contribution in [0, 0.1) is 5.41 Å². The molecule has 0 aromatic heterocycles. The first-order valence-corrected chi connectivity index (χ1v) is 7.23. The zero-order chi connectivity index (χ0) is 15.5. The van der Waals surface area contributed by atoms with Crippen LogP contribution in [0.1, 0.15) is 60.3 Å². The number of carbonyl (C=O) groups is 2. The predicted octanol–water partition coefficient (Wildman–Crippen LogP) is 2.96. The Morgan fingerprint density at radius 2 is 1.95 bits per heavy atom. The molecule has 1 N–H and O–H groups in total. The van der Waals surface area contributed by atoms with Gasteiger partial charge in [0.2, 0.25) is 0 Å². The van der Waals surface area contributed by atoms with E-state index >= 15 is 0 Å². The van der Waals surface area contributed by atoms with Crippen LogP contribution in [0.15, 0.2) is 0 Å². The molecule has 19 heavy (non-hydrogen) atoms. The van der Waals surface area contributed by atoms with Crippen molar-refractivity contribution in [1.82, 2.24) is 10.2 Å². The van der Waals surface area contributed by atoms with Crippen molar-refractivity contribution in [2.75, 3.05) is 0 Å². The van der Waals surface area contributed by atoms with E-state index in [1.165, 1.54) is 0 Å². The monoisotopic (exact) mass is 269 g/mol. The van der Waals surface area contributed by atoms with Crippen molar-refractivity contribution in [2.45, 2.75) is 78.4 Å². The molecule has 1 saturated heterocycles. The number of likely N-dealkylation sites (tertiary alicyclic amines) is 1. The Balaban J connectivity index is 2.80. The summed E-state index contributed by atoms with van der Waals surface area (Å²) in [6.45, 7) is 10.1. The van der Waals surface area contributed by atoms with Gasteiger partial charge in [0.15, 0.2) is 1.41 Å². The van der Waals surface area contributed by atoms with Crippen LogP contribution in [-0.2, 0) is 4.79 Å². The molecule has 0 bridgehead atoms. The van der Waals surface area contributed by atoms with E-state index in [-0.39, 0.29) is 23.5 Å². The fraction of sp³-hybridized carbons (Fsp3) is 0.867. The van der Waals surface area contributed by atoms with Gasteiger partial charge in [0, 0.05) is 12.1 Å². The zero-order valence-corrected chi connectivity index (χ0v) is 12.8. The quantitative estimate of drug-likeness (QED) is 0.801. The molecule has 0 unspecified atom stereocenters. The van der Waals surface area contributed by atoms with E-state index in [0.717, 1.165) is 30.9 Å². The second-order valence-electron chi connectivity index (χ2n) is 6.92. The van der Waals surface area contributed by atoms with Crippen LogP contribution in [0.25, 0.3) is 0 Å². The van der Waals surface area contributed by atoms with Crippen molar-refractivity contribution in [1.29, 1.82) is 0 Å². The van der Waals surface area contributed by atoms with Crippen molar-refractivity contribution >= 4 is 12.3 Å². The number of hydrogen-bond acceptors (Lipinski definition) is 2. The highest BCUT2D eigenvalue weighted by Gasteiger charge is 2.30. The minimum Gasteiger partial charge on any atom is -0.328 e. The van der Waals surface area contributed by atoms with E-state index in [1.54, 1.807) is 4.90 Å². The SMILES string of the molecule is [2H]N(C(=O)N1[C@H](C)CCC[C@@H]1C)[C@H](C=O)CC(C)(C)C. The van der Waals surface area contributed by atoms with E-state index in [9.17, 15) is 9.59 Å². The maximum Gasteiger partial charge on any atom is 0.318 e. The lowest BCUT2D eigenvalue weighted by molar-refractivity contribution is -0.110. The highest BCUT2D eigenvalue weighted by atomic mass is 16.2. The van der Waals surface area contributed by atoms with Gasteiger partial charge in [-0.05, 0) is 44.9 Å². The molecule has 2 amide bonds. The third kappa shape index (κ3) is 4.84. The molecule has 1 heterocycles. The summed E-state index contributed by atoms with van der Waals surface area (Å²) in [6.07, 6.45) is 4.27. The lowest BCUT2D eigenvalue weighted by atomic mass is 9.88. The smallest absolute Gasteiger partial charge is 0.318 e. The number of nitrogens with one attached hydrogen (secondary N) is 1. The Labute approximate surface area is 118 Å². The first kappa shape index (κ1) is 14.4. The number of rotatable bonds is 3. The molecule has 0 radical (unpaired) electrons. The van der Waals surface area contributed by atoms with Crippen LogP contribution < -0.4 is 5.31 Å². The van der Waals surface area contributed by atoms with Crippen LogP contribution in [0.4, 0.5) is 4.79 Å². The summed E-state index contributed by atoms with van der Waals surface area (Å²) in [6, 6.07) is -0.739. The van der Waals surface area contributed by atoms with Crippen LogP contribution in [-0.4, -0.2) is 35.3 Å². The largest absolute Gasteiger partial charge is 0.328 e. The number of piperidine rings is 1. The van der Waals surface area contributed by atoms with E-state index < -0.39 is 6.04 Å². The second-order valence-corrected chi connectivity index (χ2v) is 6.92. The van der Waals surface area contributed by atoms with E-state index in [2.05, 4.69) is 0 Å². The van der Waals surface area contributed by atoms with Gasteiger partial charge in [0.25, 0.3) is 0 Å². The Morgan fingerprint density at radius 1 is 1.42 bits per heavy atom. The third-order valence-corrected chi connectivity index (χ3v) is 3.67. The predicted molar refractivity (Wildman–Crippen MR) is 77.1 cm³/mol. The molecule has 0 aliphatic carbocycles. The van der Waals surface area contributed by atoms with Crippen molar-refractivity contribution in [3.8, 4) is 0 Å². The topological polar surface area (TPSA) is 49.4 Å². The average molecular weight is 269 g/mol. The third-order valence-electron chi connectivity index (χ3n) is 3.67. The number of amides is 2. The lowest BCUT2D eigenvalue weighted by Crippen LogP contribution is -2.54. The van der Waals surface area contributed by atoms with Crippen molar-refractivity contribution in [2.24, 2.45) is 5.41 Å². The van der Waals surface area contributed by atoms with E-state index in [1.807, 2.05) is 34.6 Å². The molecule has 110 valence electrons. The van der Waals surface area contributed by atoms with Gasteiger partial charge in [-0.25, -0.2) is 4.79 Å². The number of aldehydes is 1. The van der Waals surface area contributed by atoms with Crippen LogP contribution in [0.3, 0.4) is 0 Å². The van der Waals surface area contributed by atoms with Gasteiger partial charge in [-0.3, -0.25) is 0 Å². The minimum absolute atomic E-state index is 0.0930. The van der Waals surface area contributed by atoms with Gasteiger partial charge in [-0.15, -0.1) is 0 Å². The highest BCUT2D eigenvalue weighted by Crippen LogP contribution is 2.23. The van der Waals surface area contributed by atoms with E-state index in [0.29, 0.717) is 6.42 Å². The molecule has 3 atom stereocenters. The molecule has 1 fully saturated rings. The number of urea groups is 1. The Morgan fingerprint density at radius 3 is 2.37 bits per heavy atom.